The van der Waals surface area contributed by atoms with Gasteiger partial charge < -0.3 is 14.7 Å². The molecule has 0 radical (unpaired) electrons. The highest BCUT2D eigenvalue weighted by atomic mass is 19.1. The van der Waals surface area contributed by atoms with Crippen LogP contribution in [0.4, 0.5) is 10.3 Å². The van der Waals surface area contributed by atoms with Crippen LogP contribution >= 0.6 is 0 Å². The summed E-state index contributed by atoms with van der Waals surface area (Å²) in [5.41, 5.74) is 1.09. The summed E-state index contributed by atoms with van der Waals surface area (Å²) >= 11 is 0. The Hall–Kier alpha value is -2.84. The molecule has 3 rings (SSSR count). The Morgan fingerprint density at radius 2 is 2.00 bits per heavy atom. The van der Waals surface area contributed by atoms with Crippen molar-refractivity contribution in [2.75, 3.05) is 44.3 Å². The zero-order valence-corrected chi connectivity index (χ0v) is 16.4. The number of aliphatic hydroxyl groups is 1. The smallest absolute Gasteiger partial charge is 0.341 e. The summed E-state index contributed by atoms with van der Waals surface area (Å²) < 4.78 is 18.2. The van der Waals surface area contributed by atoms with Gasteiger partial charge in [-0.05, 0) is 24.6 Å². The Balaban J connectivity index is 1.56. The van der Waals surface area contributed by atoms with E-state index < -0.39 is 5.97 Å². The molecule has 0 amide bonds. The van der Waals surface area contributed by atoms with Crippen LogP contribution in [-0.2, 0) is 4.74 Å². The Labute approximate surface area is 169 Å². The number of aliphatic hydroxyl groups excluding tert-OH is 1. The summed E-state index contributed by atoms with van der Waals surface area (Å²) in [5.74, 6) is -0.149. The zero-order chi connectivity index (χ0) is 20.6. The Bertz CT molecular complexity index is 836. The zero-order valence-electron chi connectivity index (χ0n) is 16.4. The van der Waals surface area contributed by atoms with Gasteiger partial charge in [0.25, 0.3) is 0 Å². The molecule has 1 atom stereocenters. The van der Waals surface area contributed by atoms with E-state index in [9.17, 15) is 14.3 Å². The molecule has 0 saturated carbocycles. The lowest BCUT2D eigenvalue weighted by atomic mass is 10.1. The topological polar surface area (TPSA) is 78.8 Å². The summed E-state index contributed by atoms with van der Waals surface area (Å²) in [7, 11) is 0. The van der Waals surface area contributed by atoms with Crippen molar-refractivity contribution >= 4 is 18.0 Å². The van der Waals surface area contributed by atoms with Gasteiger partial charge in [0.2, 0.25) is 5.95 Å². The number of hydrogen-bond acceptors (Lipinski definition) is 7. The van der Waals surface area contributed by atoms with Crippen molar-refractivity contribution < 1.29 is 19.0 Å². The maximum atomic E-state index is 13.3. The summed E-state index contributed by atoms with van der Waals surface area (Å²) in [5, 5.41) is 9.77. The molecule has 8 heteroatoms. The molecule has 1 aromatic carbocycles. The highest BCUT2D eigenvalue weighted by Gasteiger charge is 2.23. The van der Waals surface area contributed by atoms with E-state index in [0.717, 1.165) is 18.7 Å². The summed E-state index contributed by atoms with van der Waals surface area (Å²) in [4.78, 5) is 24.4. The van der Waals surface area contributed by atoms with Crippen molar-refractivity contribution in [1.82, 2.24) is 14.9 Å². The normalized spacial score (nSPS) is 16.2. The molecule has 2 heterocycles. The molecule has 2 aromatic rings. The largest absolute Gasteiger partial charge is 0.462 e. The van der Waals surface area contributed by atoms with E-state index in [4.69, 9.17) is 4.74 Å². The number of halogens is 1. The number of anilines is 1. The number of rotatable bonds is 7. The Morgan fingerprint density at radius 1 is 1.28 bits per heavy atom. The molecule has 1 fully saturated rings. The van der Waals surface area contributed by atoms with Gasteiger partial charge in [0.1, 0.15) is 5.82 Å². The van der Waals surface area contributed by atoms with Gasteiger partial charge in [0.05, 0.1) is 24.8 Å². The van der Waals surface area contributed by atoms with Gasteiger partial charge in [-0.3, -0.25) is 4.90 Å². The molecule has 1 aliphatic heterocycles. The first kappa shape index (κ1) is 20.9. The number of carbonyl (C=O) groups is 1. The molecule has 7 nitrogen and oxygen atoms in total. The average Bonchev–Trinajstić information content (AvgIpc) is 2.75. The quantitative estimate of drug-likeness (QED) is 0.712. The Morgan fingerprint density at radius 3 is 2.62 bits per heavy atom. The first-order chi connectivity index (χ1) is 14.1. The fourth-order valence-electron chi connectivity index (χ4n) is 3.19. The van der Waals surface area contributed by atoms with Crippen LogP contribution in [0.25, 0.3) is 6.08 Å². The Kier molecular flexibility index (Phi) is 7.26. The number of nitrogens with zero attached hydrogens (tertiary/aromatic N) is 4. The third-order valence-electron chi connectivity index (χ3n) is 4.76. The van der Waals surface area contributed by atoms with Crippen molar-refractivity contribution in [1.29, 1.82) is 0 Å². The minimum absolute atomic E-state index is 0.0173. The van der Waals surface area contributed by atoms with Crippen LogP contribution in [0, 0.1) is 5.82 Å². The molecule has 1 unspecified atom stereocenters. The van der Waals surface area contributed by atoms with Crippen molar-refractivity contribution in [2.24, 2.45) is 0 Å². The van der Waals surface area contributed by atoms with E-state index in [-0.39, 0.29) is 18.5 Å². The summed E-state index contributed by atoms with van der Waals surface area (Å²) in [6.07, 6.45) is 6.68. The molecule has 29 heavy (non-hydrogen) atoms. The second kappa shape index (κ2) is 10.1. The van der Waals surface area contributed by atoms with Crippen LogP contribution in [0.1, 0.15) is 22.8 Å². The summed E-state index contributed by atoms with van der Waals surface area (Å²) in [6.45, 7) is 4.88. The molecule has 1 aromatic heterocycles. The van der Waals surface area contributed by atoms with Crippen LogP contribution in [0.2, 0.25) is 0 Å². The van der Waals surface area contributed by atoms with Crippen LogP contribution in [0.15, 0.2) is 42.7 Å². The van der Waals surface area contributed by atoms with Crippen LogP contribution in [0.5, 0.6) is 0 Å². The second-order valence-electron chi connectivity index (χ2n) is 6.68. The van der Waals surface area contributed by atoms with Crippen molar-refractivity contribution in [3.05, 3.63) is 59.7 Å². The highest BCUT2D eigenvalue weighted by Crippen LogP contribution is 2.15. The molecule has 1 aliphatic rings. The minimum Gasteiger partial charge on any atom is -0.462 e. The third kappa shape index (κ3) is 5.58. The van der Waals surface area contributed by atoms with Crippen LogP contribution in [0.3, 0.4) is 0 Å². The van der Waals surface area contributed by atoms with Crippen LogP contribution in [-0.4, -0.2) is 71.4 Å². The molecule has 154 valence electrons. The number of esters is 1. The number of benzene rings is 1. The predicted octanol–water partition coefficient (Wildman–Crippen LogP) is 1.99. The van der Waals surface area contributed by atoms with E-state index in [0.29, 0.717) is 31.2 Å². The lowest BCUT2D eigenvalue weighted by molar-refractivity contribution is 0.0525. The van der Waals surface area contributed by atoms with Crippen LogP contribution < -0.4 is 4.90 Å². The second-order valence-corrected chi connectivity index (χ2v) is 6.68. The maximum absolute atomic E-state index is 13.3. The molecule has 0 spiro atoms. The molecule has 1 saturated heterocycles. The molecular formula is C21H25FN4O3. The van der Waals surface area contributed by atoms with E-state index >= 15 is 0 Å². The maximum Gasteiger partial charge on any atom is 0.341 e. The van der Waals surface area contributed by atoms with Gasteiger partial charge >= 0.3 is 5.97 Å². The van der Waals surface area contributed by atoms with Gasteiger partial charge in [0.15, 0.2) is 0 Å². The third-order valence-corrected chi connectivity index (χ3v) is 4.76. The van der Waals surface area contributed by atoms with Gasteiger partial charge in [-0.2, -0.15) is 0 Å². The van der Waals surface area contributed by atoms with Crippen molar-refractivity contribution in [3.63, 3.8) is 0 Å². The number of carbonyl (C=O) groups excluding carboxylic acids is 1. The standard InChI is InChI=1S/C21H25FN4O3/c1-2-29-20(28)17-13-23-21(24-14-17)26-10-8-25(9-11-26)19(15-27)7-6-16-4-3-5-18(22)12-16/h3-7,12-14,19,27H,2,8-11,15H2,1H3. The number of piperazine rings is 1. The molecule has 1 N–H and O–H groups in total. The summed E-state index contributed by atoms with van der Waals surface area (Å²) in [6, 6.07) is 6.20. The number of aromatic nitrogens is 2. The van der Waals surface area contributed by atoms with Gasteiger partial charge in [0, 0.05) is 38.6 Å². The number of ether oxygens (including phenoxy) is 1. The monoisotopic (exact) mass is 400 g/mol. The lowest BCUT2D eigenvalue weighted by Gasteiger charge is -2.37. The lowest BCUT2D eigenvalue weighted by Crippen LogP contribution is -2.51. The predicted molar refractivity (Wildman–Crippen MR) is 108 cm³/mol. The van der Waals surface area contributed by atoms with Gasteiger partial charge in [-0.25, -0.2) is 19.2 Å². The fraction of sp³-hybridized carbons (Fsp3) is 0.381. The van der Waals surface area contributed by atoms with Crippen molar-refractivity contribution in [3.8, 4) is 0 Å². The van der Waals surface area contributed by atoms with E-state index in [1.54, 1.807) is 13.0 Å². The molecule has 0 aliphatic carbocycles. The van der Waals surface area contributed by atoms with E-state index in [1.807, 2.05) is 23.1 Å². The highest BCUT2D eigenvalue weighted by molar-refractivity contribution is 5.88. The van der Waals surface area contributed by atoms with Gasteiger partial charge in [-0.15, -0.1) is 0 Å². The SMILES string of the molecule is CCOC(=O)c1cnc(N2CCN(C(C=Cc3cccc(F)c3)CO)CC2)nc1. The fourth-order valence-corrected chi connectivity index (χ4v) is 3.19. The molecule has 0 bridgehead atoms. The van der Waals surface area contributed by atoms with E-state index in [1.165, 1.54) is 24.5 Å². The molecular weight excluding hydrogens is 375 g/mol. The first-order valence-corrected chi connectivity index (χ1v) is 9.63. The number of hydrogen-bond donors (Lipinski definition) is 1. The van der Waals surface area contributed by atoms with Gasteiger partial charge in [-0.1, -0.05) is 24.3 Å². The van der Waals surface area contributed by atoms with E-state index in [2.05, 4.69) is 14.9 Å². The minimum atomic E-state index is -0.431. The van der Waals surface area contributed by atoms with Crippen molar-refractivity contribution in [2.45, 2.75) is 13.0 Å². The average molecular weight is 400 g/mol. The first-order valence-electron chi connectivity index (χ1n) is 9.63.